The summed E-state index contributed by atoms with van der Waals surface area (Å²) in [6, 6.07) is 20.7. The van der Waals surface area contributed by atoms with Crippen LogP contribution in [0.25, 0.3) is 23.0 Å². The molecule has 23 heavy (non-hydrogen) atoms. The highest BCUT2D eigenvalue weighted by Crippen LogP contribution is 2.29. The minimum atomic E-state index is 0.417. The Bertz CT molecular complexity index is 905. The Morgan fingerprint density at radius 1 is 1.00 bits per heavy atom. The number of nitriles is 1. The molecule has 0 saturated heterocycles. The predicted octanol–water partition coefficient (Wildman–Crippen LogP) is 6.32. The molecule has 0 atom stereocenters. The number of nitrogens with zero attached hydrogens (tertiary/aromatic N) is 1. The van der Waals surface area contributed by atoms with E-state index in [-0.39, 0.29) is 0 Å². The molecule has 0 N–H and O–H groups in total. The van der Waals surface area contributed by atoms with Gasteiger partial charge in [0.25, 0.3) is 0 Å². The molecule has 0 spiro atoms. The third-order valence-corrected chi connectivity index (χ3v) is 3.86. The van der Waals surface area contributed by atoms with Gasteiger partial charge in [-0.25, -0.2) is 0 Å². The second kappa shape index (κ2) is 6.75. The van der Waals surface area contributed by atoms with Crippen molar-refractivity contribution in [1.82, 2.24) is 0 Å². The fourth-order valence-electron chi connectivity index (χ4n) is 2.21. The van der Waals surface area contributed by atoms with E-state index in [0.717, 1.165) is 11.3 Å². The molecule has 2 aromatic carbocycles. The molecule has 0 saturated carbocycles. The molecule has 0 aliphatic carbocycles. The van der Waals surface area contributed by atoms with Gasteiger partial charge >= 0.3 is 0 Å². The zero-order valence-electron chi connectivity index (χ0n) is 12.0. The summed E-state index contributed by atoms with van der Waals surface area (Å²) in [5.41, 5.74) is 2.02. The summed E-state index contributed by atoms with van der Waals surface area (Å²) < 4.78 is 5.79. The molecular weight excluding hydrogens is 329 g/mol. The van der Waals surface area contributed by atoms with Crippen molar-refractivity contribution < 1.29 is 4.42 Å². The monoisotopic (exact) mass is 339 g/mol. The van der Waals surface area contributed by atoms with Crippen LogP contribution >= 0.6 is 23.2 Å². The number of benzene rings is 2. The molecule has 0 aliphatic rings. The lowest BCUT2D eigenvalue weighted by Crippen LogP contribution is -1.83. The molecule has 0 fully saturated rings. The van der Waals surface area contributed by atoms with Gasteiger partial charge in [0.2, 0.25) is 0 Å². The lowest BCUT2D eigenvalue weighted by molar-refractivity contribution is 0.572. The Morgan fingerprint density at radius 2 is 1.78 bits per heavy atom. The van der Waals surface area contributed by atoms with Gasteiger partial charge in [-0.05, 0) is 30.3 Å². The largest absolute Gasteiger partial charge is 0.457 e. The summed E-state index contributed by atoms with van der Waals surface area (Å²) in [4.78, 5) is 0. The van der Waals surface area contributed by atoms with Crippen molar-refractivity contribution >= 4 is 34.9 Å². The average molecular weight is 340 g/mol. The molecule has 2 nitrogen and oxygen atoms in total. The second-order valence-corrected chi connectivity index (χ2v) is 5.71. The molecule has 4 heteroatoms. The van der Waals surface area contributed by atoms with Crippen LogP contribution in [-0.2, 0) is 0 Å². The van der Waals surface area contributed by atoms with Crippen molar-refractivity contribution in [3.05, 3.63) is 82.0 Å². The number of allylic oxidation sites excluding steroid dienone is 1. The standard InChI is InChI=1S/C19H11Cl2NO/c20-15-6-8-17(18(21)11-15)14(12-22)10-16-7-9-19(23-16)13-4-2-1-3-5-13/h1-11H/b14-10+. The third-order valence-electron chi connectivity index (χ3n) is 3.31. The summed E-state index contributed by atoms with van der Waals surface area (Å²) >= 11 is 12.1. The maximum absolute atomic E-state index is 9.41. The van der Waals surface area contributed by atoms with E-state index in [0.29, 0.717) is 26.9 Å². The smallest absolute Gasteiger partial charge is 0.134 e. The Kier molecular flexibility index (Phi) is 4.52. The van der Waals surface area contributed by atoms with E-state index in [4.69, 9.17) is 27.6 Å². The molecule has 112 valence electrons. The van der Waals surface area contributed by atoms with Crippen LogP contribution in [0.1, 0.15) is 11.3 Å². The quantitative estimate of drug-likeness (QED) is 0.523. The lowest BCUT2D eigenvalue weighted by atomic mass is 10.1. The SMILES string of the molecule is N#C/C(=C\c1ccc(-c2ccccc2)o1)c1ccc(Cl)cc1Cl. The Balaban J connectivity index is 1.97. The Morgan fingerprint density at radius 3 is 2.48 bits per heavy atom. The highest BCUT2D eigenvalue weighted by atomic mass is 35.5. The van der Waals surface area contributed by atoms with Crippen LogP contribution in [0.15, 0.2) is 65.1 Å². The van der Waals surface area contributed by atoms with Gasteiger partial charge in [0.05, 0.1) is 16.7 Å². The van der Waals surface area contributed by atoms with Gasteiger partial charge in [-0.2, -0.15) is 5.26 Å². The van der Waals surface area contributed by atoms with Gasteiger partial charge in [0, 0.05) is 16.1 Å². The highest BCUT2D eigenvalue weighted by molar-refractivity contribution is 6.36. The van der Waals surface area contributed by atoms with E-state index >= 15 is 0 Å². The molecule has 0 unspecified atom stereocenters. The van der Waals surface area contributed by atoms with Crippen molar-refractivity contribution in [3.8, 4) is 17.4 Å². The number of rotatable bonds is 3. The van der Waals surface area contributed by atoms with E-state index in [1.807, 2.05) is 42.5 Å². The van der Waals surface area contributed by atoms with Crippen LogP contribution in [0, 0.1) is 11.3 Å². The first-order chi connectivity index (χ1) is 11.2. The van der Waals surface area contributed by atoms with Gasteiger partial charge in [0.15, 0.2) is 0 Å². The molecule has 1 heterocycles. The Hall–Kier alpha value is -2.47. The topological polar surface area (TPSA) is 36.9 Å². The number of hydrogen-bond acceptors (Lipinski definition) is 2. The predicted molar refractivity (Wildman–Crippen MR) is 94.1 cm³/mol. The normalized spacial score (nSPS) is 11.3. The molecule has 0 amide bonds. The Labute approximate surface area is 144 Å². The van der Waals surface area contributed by atoms with Crippen LogP contribution in [0.3, 0.4) is 0 Å². The second-order valence-electron chi connectivity index (χ2n) is 4.86. The van der Waals surface area contributed by atoms with Crippen LogP contribution in [0.4, 0.5) is 0 Å². The minimum absolute atomic E-state index is 0.417. The van der Waals surface area contributed by atoms with Crippen LogP contribution in [-0.4, -0.2) is 0 Å². The van der Waals surface area contributed by atoms with Crippen LogP contribution in [0.5, 0.6) is 0 Å². The molecule has 3 aromatic rings. The first kappa shape index (κ1) is 15.4. The number of halogens is 2. The van der Waals surface area contributed by atoms with Crippen molar-refractivity contribution in [1.29, 1.82) is 5.26 Å². The summed E-state index contributed by atoms with van der Waals surface area (Å²) in [6.07, 6.45) is 1.67. The van der Waals surface area contributed by atoms with Crippen molar-refractivity contribution in [2.24, 2.45) is 0 Å². The van der Waals surface area contributed by atoms with Crippen LogP contribution in [0.2, 0.25) is 10.0 Å². The van der Waals surface area contributed by atoms with Gasteiger partial charge in [-0.15, -0.1) is 0 Å². The van der Waals surface area contributed by atoms with E-state index in [2.05, 4.69) is 6.07 Å². The maximum Gasteiger partial charge on any atom is 0.134 e. The van der Waals surface area contributed by atoms with Gasteiger partial charge < -0.3 is 4.42 Å². The summed E-state index contributed by atoms with van der Waals surface area (Å²) in [7, 11) is 0. The lowest BCUT2D eigenvalue weighted by Gasteiger charge is -2.02. The maximum atomic E-state index is 9.41. The number of furan rings is 1. The van der Waals surface area contributed by atoms with Gasteiger partial charge in [-0.3, -0.25) is 0 Å². The van der Waals surface area contributed by atoms with E-state index in [1.54, 1.807) is 24.3 Å². The van der Waals surface area contributed by atoms with Gasteiger partial charge in [0.1, 0.15) is 11.5 Å². The fraction of sp³-hybridized carbons (Fsp3) is 0. The average Bonchev–Trinajstić information content (AvgIpc) is 3.03. The summed E-state index contributed by atoms with van der Waals surface area (Å²) in [6.45, 7) is 0. The van der Waals surface area contributed by atoms with E-state index in [9.17, 15) is 5.26 Å². The molecule has 0 aliphatic heterocycles. The number of hydrogen-bond donors (Lipinski definition) is 0. The van der Waals surface area contributed by atoms with Crippen molar-refractivity contribution in [3.63, 3.8) is 0 Å². The first-order valence-corrected chi connectivity index (χ1v) is 7.65. The first-order valence-electron chi connectivity index (χ1n) is 6.90. The summed E-state index contributed by atoms with van der Waals surface area (Å²) in [5, 5.41) is 10.4. The molecule has 1 aromatic heterocycles. The van der Waals surface area contributed by atoms with Gasteiger partial charge in [-0.1, -0.05) is 59.6 Å². The molecule has 0 radical (unpaired) electrons. The van der Waals surface area contributed by atoms with Crippen LogP contribution < -0.4 is 0 Å². The van der Waals surface area contributed by atoms with Crippen molar-refractivity contribution in [2.45, 2.75) is 0 Å². The zero-order valence-corrected chi connectivity index (χ0v) is 13.5. The van der Waals surface area contributed by atoms with Crippen molar-refractivity contribution in [2.75, 3.05) is 0 Å². The fourth-order valence-corrected chi connectivity index (χ4v) is 2.72. The zero-order chi connectivity index (χ0) is 16.2. The molecule has 0 bridgehead atoms. The highest BCUT2D eigenvalue weighted by Gasteiger charge is 2.09. The van der Waals surface area contributed by atoms with E-state index < -0.39 is 0 Å². The van der Waals surface area contributed by atoms with E-state index in [1.165, 1.54) is 0 Å². The molecular formula is C19H11Cl2NO. The minimum Gasteiger partial charge on any atom is -0.457 e. The third kappa shape index (κ3) is 3.48. The summed E-state index contributed by atoms with van der Waals surface area (Å²) in [5.74, 6) is 1.34. The molecule has 3 rings (SSSR count).